The average Bonchev–Trinajstić information content (AvgIpc) is 3.22. The number of hydrogen-bond donors (Lipinski definition) is 2. The maximum absolute atomic E-state index is 13.7. The lowest BCUT2D eigenvalue weighted by Crippen LogP contribution is -2.23. The lowest BCUT2D eigenvalue weighted by molar-refractivity contribution is 0.0939. The van der Waals surface area contributed by atoms with Gasteiger partial charge in [-0.3, -0.25) is 13.9 Å². The molecule has 188 valence electrons. The number of benzene rings is 2. The van der Waals surface area contributed by atoms with Gasteiger partial charge in [0.1, 0.15) is 10.5 Å². The largest absolute Gasteiger partial charge is 0.377 e. The van der Waals surface area contributed by atoms with Gasteiger partial charge < -0.3 is 8.92 Å². The maximum Gasteiger partial charge on any atom is 0.340 e. The van der Waals surface area contributed by atoms with Crippen molar-refractivity contribution in [3.05, 3.63) is 70.4 Å². The van der Waals surface area contributed by atoms with Crippen LogP contribution in [0.15, 0.2) is 52.4 Å². The van der Waals surface area contributed by atoms with Crippen molar-refractivity contribution < 1.29 is 31.2 Å². The summed E-state index contributed by atoms with van der Waals surface area (Å²) in [6.45, 7) is 5.48. The molecule has 0 radical (unpaired) electrons. The number of aryl methyl sites for hydroxylation is 2. The Bertz CT molecular complexity index is 1380. The van der Waals surface area contributed by atoms with E-state index in [0.29, 0.717) is 28.0 Å². The third kappa shape index (κ3) is 4.50. The molecular weight excluding hydrogens is 492 g/mol. The van der Waals surface area contributed by atoms with Crippen LogP contribution in [0.4, 0.5) is 0 Å². The van der Waals surface area contributed by atoms with Crippen LogP contribution in [0.2, 0.25) is 0 Å². The van der Waals surface area contributed by atoms with Gasteiger partial charge in [0.2, 0.25) is 5.88 Å². The molecule has 0 aliphatic carbocycles. The molecule has 2 heterocycles. The Balaban J connectivity index is 1.83. The summed E-state index contributed by atoms with van der Waals surface area (Å²) >= 11 is 0. The number of aromatic nitrogens is 2. The molecule has 9 nitrogen and oxygen atoms in total. The van der Waals surface area contributed by atoms with Crippen LogP contribution in [0.1, 0.15) is 52.1 Å². The van der Waals surface area contributed by atoms with Gasteiger partial charge in [-0.1, -0.05) is 18.2 Å². The Hall–Kier alpha value is -2.70. The minimum atomic E-state index is -4.21. The highest BCUT2D eigenvalue weighted by Gasteiger charge is 2.36. The van der Waals surface area contributed by atoms with Gasteiger partial charge in [-0.25, -0.2) is 4.68 Å². The first-order valence-corrected chi connectivity index (χ1v) is 14.2. The van der Waals surface area contributed by atoms with E-state index in [0.717, 1.165) is 0 Å². The summed E-state index contributed by atoms with van der Waals surface area (Å²) in [6.07, 6.45) is 1.29. The van der Waals surface area contributed by atoms with Crippen molar-refractivity contribution >= 4 is 26.5 Å². The standard InChI is InChI=1S/C24H28N2O7S2/c1-5-26-24(33-35(30,31)17-9-7-6-8-10-17)19(14-25-26)22(27)18-13-15(2)23-21(16(18)3)20(32-4)11-12-34(23,28)29/h6-10,13-14,20,28-29H,5,11-12H2,1-4H3. The van der Waals surface area contributed by atoms with E-state index in [1.165, 1.54) is 23.0 Å². The van der Waals surface area contributed by atoms with Crippen LogP contribution in [-0.4, -0.2) is 45.9 Å². The summed E-state index contributed by atoms with van der Waals surface area (Å²) in [7, 11) is -5.69. The topological polar surface area (TPSA) is 128 Å². The lowest BCUT2D eigenvalue weighted by Gasteiger charge is -2.42. The summed E-state index contributed by atoms with van der Waals surface area (Å²) in [5.41, 5.74) is 1.97. The minimum absolute atomic E-state index is 0.00908. The molecule has 1 aliphatic rings. The number of carbonyl (C=O) groups excluding carboxylic acids is 1. The highest BCUT2D eigenvalue weighted by atomic mass is 32.3. The van der Waals surface area contributed by atoms with Crippen molar-refractivity contribution in [3.8, 4) is 5.88 Å². The molecule has 2 aromatic carbocycles. The molecular formula is C24H28N2O7S2. The second-order valence-corrected chi connectivity index (χ2v) is 12.0. The first-order valence-electron chi connectivity index (χ1n) is 11.0. The molecule has 0 amide bonds. The number of ether oxygens (including phenoxy) is 1. The SMILES string of the molecule is CCn1ncc(C(=O)c2cc(C)c3c(c2C)C(OC)CCS3(O)O)c1OS(=O)(=O)c1ccccc1. The van der Waals surface area contributed by atoms with E-state index >= 15 is 0 Å². The number of ketones is 1. The summed E-state index contributed by atoms with van der Waals surface area (Å²) < 4.78 is 59.6. The van der Waals surface area contributed by atoms with Crippen LogP contribution in [-0.2, 0) is 21.4 Å². The number of fused-ring (bicyclic) bond motifs is 1. The zero-order valence-electron chi connectivity index (χ0n) is 19.9. The zero-order chi connectivity index (χ0) is 25.5. The highest BCUT2D eigenvalue weighted by molar-refractivity contribution is 8.24. The molecule has 0 saturated heterocycles. The first kappa shape index (κ1) is 25.4. The molecule has 11 heteroatoms. The van der Waals surface area contributed by atoms with Crippen LogP contribution < -0.4 is 4.18 Å². The molecule has 0 saturated carbocycles. The molecule has 0 spiro atoms. The van der Waals surface area contributed by atoms with Crippen LogP contribution in [0.5, 0.6) is 5.88 Å². The third-order valence-corrected chi connectivity index (χ3v) is 9.40. The average molecular weight is 521 g/mol. The van der Waals surface area contributed by atoms with E-state index in [4.69, 9.17) is 8.92 Å². The molecule has 1 unspecified atom stereocenters. The summed E-state index contributed by atoms with van der Waals surface area (Å²) in [4.78, 5) is 14.1. The van der Waals surface area contributed by atoms with E-state index in [-0.39, 0.29) is 34.2 Å². The van der Waals surface area contributed by atoms with Crippen molar-refractivity contribution in [1.29, 1.82) is 0 Å². The monoisotopic (exact) mass is 520 g/mol. The Morgan fingerprint density at radius 2 is 1.89 bits per heavy atom. The van der Waals surface area contributed by atoms with E-state index in [1.54, 1.807) is 52.1 Å². The van der Waals surface area contributed by atoms with E-state index in [1.807, 2.05) is 0 Å². The molecule has 1 aromatic heterocycles. The molecule has 35 heavy (non-hydrogen) atoms. The second kappa shape index (κ2) is 9.40. The van der Waals surface area contributed by atoms with Gasteiger partial charge >= 0.3 is 10.1 Å². The first-order chi connectivity index (χ1) is 16.5. The predicted octanol–water partition coefficient (Wildman–Crippen LogP) is 4.72. The van der Waals surface area contributed by atoms with Crippen LogP contribution in [0.3, 0.4) is 0 Å². The van der Waals surface area contributed by atoms with E-state index in [9.17, 15) is 22.3 Å². The number of carbonyl (C=O) groups is 1. The van der Waals surface area contributed by atoms with Crippen molar-refractivity contribution in [2.24, 2.45) is 0 Å². The molecule has 0 bridgehead atoms. The van der Waals surface area contributed by atoms with Crippen molar-refractivity contribution in [2.75, 3.05) is 12.9 Å². The van der Waals surface area contributed by atoms with Crippen LogP contribution in [0, 0.1) is 13.8 Å². The number of methoxy groups -OCH3 is 1. The van der Waals surface area contributed by atoms with Crippen molar-refractivity contribution in [2.45, 2.75) is 49.6 Å². The van der Waals surface area contributed by atoms with Gasteiger partial charge in [-0.2, -0.15) is 24.1 Å². The van der Waals surface area contributed by atoms with Gasteiger partial charge in [0.25, 0.3) is 0 Å². The van der Waals surface area contributed by atoms with Crippen LogP contribution >= 0.6 is 10.6 Å². The van der Waals surface area contributed by atoms with Crippen molar-refractivity contribution in [1.82, 2.24) is 9.78 Å². The predicted molar refractivity (Wildman–Crippen MR) is 132 cm³/mol. The van der Waals surface area contributed by atoms with Gasteiger partial charge in [-0.05, 0) is 56.5 Å². The third-order valence-electron chi connectivity index (χ3n) is 6.17. The molecule has 4 rings (SSSR count). The maximum atomic E-state index is 13.7. The molecule has 1 atom stereocenters. The normalized spacial score (nSPS) is 18.1. The summed E-state index contributed by atoms with van der Waals surface area (Å²) in [6, 6.07) is 9.26. The van der Waals surface area contributed by atoms with Gasteiger partial charge in [0, 0.05) is 30.5 Å². The van der Waals surface area contributed by atoms with E-state index < -0.39 is 32.6 Å². The quantitative estimate of drug-likeness (QED) is 0.338. The fourth-order valence-corrected chi connectivity index (χ4v) is 7.38. The number of hydrogen-bond acceptors (Lipinski definition) is 8. The van der Waals surface area contributed by atoms with Crippen LogP contribution in [0.25, 0.3) is 0 Å². The molecule has 3 aromatic rings. The Labute approximate surface area is 206 Å². The highest BCUT2D eigenvalue weighted by Crippen LogP contribution is 2.59. The fraction of sp³-hybridized carbons (Fsp3) is 0.333. The summed E-state index contributed by atoms with van der Waals surface area (Å²) in [5.74, 6) is -0.475. The zero-order valence-corrected chi connectivity index (χ0v) is 21.5. The Morgan fingerprint density at radius 3 is 2.51 bits per heavy atom. The van der Waals surface area contributed by atoms with E-state index in [2.05, 4.69) is 5.10 Å². The van der Waals surface area contributed by atoms with Gasteiger partial charge in [0.05, 0.1) is 17.2 Å². The lowest BCUT2D eigenvalue weighted by atomic mass is 9.90. The smallest absolute Gasteiger partial charge is 0.340 e. The van der Waals surface area contributed by atoms with Crippen molar-refractivity contribution in [3.63, 3.8) is 0 Å². The Morgan fingerprint density at radius 1 is 1.20 bits per heavy atom. The second-order valence-electron chi connectivity index (χ2n) is 8.35. The number of rotatable bonds is 7. The number of nitrogens with zero attached hydrogens (tertiary/aromatic N) is 2. The van der Waals surface area contributed by atoms with Gasteiger partial charge in [0.15, 0.2) is 5.78 Å². The molecule has 2 N–H and O–H groups in total. The Kier molecular flexibility index (Phi) is 6.82. The summed E-state index contributed by atoms with van der Waals surface area (Å²) in [5, 5.41) is 4.16. The minimum Gasteiger partial charge on any atom is -0.377 e. The fourth-order valence-electron chi connectivity index (χ4n) is 4.46. The molecule has 0 fully saturated rings. The van der Waals surface area contributed by atoms with Gasteiger partial charge in [-0.15, -0.1) is 0 Å². The molecule has 1 aliphatic heterocycles.